The molecule has 2 aliphatic rings. The molecule has 2 N–H and O–H groups in total. The van der Waals surface area contributed by atoms with Crippen LogP contribution in [0.2, 0.25) is 0 Å². The molecule has 1 saturated heterocycles. The second-order valence-electron chi connectivity index (χ2n) is 6.81. The Bertz CT molecular complexity index is 1020. The highest BCUT2D eigenvalue weighted by Gasteiger charge is 2.55. The number of rotatable bonds is 5. The van der Waals surface area contributed by atoms with Gasteiger partial charge in [0, 0.05) is 11.1 Å². The minimum absolute atomic E-state index is 0.142. The zero-order chi connectivity index (χ0) is 21.6. The van der Waals surface area contributed by atoms with E-state index in [2.05, 4.69) is 19.8 Å². The molecule has 1 aromatic heterocycles. The number of carboxylic acid groups (broad SMARTS) is 1. The van der Waals surface area contributed by atoms with Crippen LogP contribution < -0.4 is 14.8 Å². The molecule has 4 rings (SSSR count). The van der Waals surface area contributed by atoms with E-state index >= 15 is 0 Å². The average molecular weight is 439 g/mol. The Morgan fingerprint density at radius 1 is 1.37 bits per heavy atom. The molecular formula is C18H15F2N3O6S. The zero-order valence-electron chi connectivity index (χ0n) is 15.4. The normalized spacial score (nSPS) is 22.4. The summed E-state index contributed by atoms with van der Waals surface area (Å²) in [7, 11) is 0. The van der Waals surface area contributed by atoms with Gasteiger partial charge in [-0.15, -0.1) is 20.1 Å². The highest BCUT2D eigenvalue weighted by Crippen LogP contribution is 2.42. The molecule has 0 aliphatic carbocycles. The van der Waals surface area contributed by atoms with Crippen LogP contribution in [0.5, 0.6) is 11.5 Å². The lowest BCUT2D eigenvalue weighted by Crippen LogP contribution is -2.68. The Morgan fingerprint density at radius 3 is 2.77 bits per heavy atom. The van der Waals surface area contributed by atoms with E-state index in [4.69, 9.17) is 0 Å². The number of carbonyl (C=O) groups is 3. The molecule has 12 heteroatoms. The first-order chi connectivity index (χ1) is 14.2. The fourth-order valence-corrected chi connectivity index (χ4v) is 4.04. The van der Waals surface area contributed by atoms with Gasteiger partial charge in [0.05, 0.1) is 17.5 Å². The maximum atomic E-state index is 13.2. The van der Waals surface area contributed by atoms with Crippen LogP contribution in [0.15, 0.2) is 29.9 Å². The van der Waals surface area contributed by atoms with Crippen LogP contribution in [0.4, 0.5) is 13.6 Å². The Hall–Kier alpha value is -3.28. The summed E-state index contributed by atoms with van der Waals surface area (Å²) < 4.78 is 35.0. The second kappa shape index (κ2) is 7.20. The van der Waals surface area contributed by atoms with Crippen LogP contribution in [0, 0.1) is 5.92 Å². The number of thiazole rings is 1. The number of benzene rings is 1. The van der Waals surface area contributed by atoms with Crippen molar-refractivity contribution in [1.29, 1.82) is 0 Å². The van der Waals surface area contributed by atoms with Gasteiger partial charge in [-0.05, 0) is 31.0 Å². The van der Waals surface area contributed by atoms with Crippen molar-refractivity contribution in [2.24, 2.45) is 5.92 Å². The van der Waals surface area contributed by atoms with Crippen molar-refractivity contribution >= 4 is 29.2 Å². The topological polar surface area (TPSA) is 118 Å². The molecule has 3 heterocycles. The summed E-state index contributed by atoms with van der Waals surface area (Å²) >= 11 is 1.29. The highest BCUT2D eigenvalue weighted by atomic mass is 32.1. The minimum Gasteiger partial charge on any atom is -0.480 e. The van der Waals surface area contributed by atoms with Crippen LogP contribution >= 0.6 is 11.3 Å². The van der Waals surface area contributed by atoms with Crippen molar-refractivity contribution in [2.45, 2.75) is 31.7 Å². The van der Waals surface area contributed by atoms with Gasteiger partial charge in [-0.1, -0.05) is 6.07 Å². The van der Waals surface area contributed by atoms with E-state index in [0.717, 1.165) is 4.88 Å². The summed E-state index contributed by atoms with van der Waals surface area (Å²) in [4.78, 5) is 41.9. The molecule has 9 nitrogen and oxygen atoms in total. The van der Waals surface area contributed by atoms with Gasteiger partial charge in [-0.25, -0.2) is 14.5 Å². The van der Waals surface area contributed by atoms with Crippen LogP contribution in [0.1, 0.15) is 23.4 Å². The van der Waals surface area contributed by atoms with Crippen molar-refractivity contribution in [3.05, 3.63) is 40.3 Å². The number of aromatic nitrogens is 1. The monoisotopic (exact) mass is 439 g/mol. The summed E-state index contributed by atoms with van der Waals surface area (Å²) in [5.41, 5.74) is 1.98. The third-order valence-corrected chi connectivity index (χ3v) is 5.66. The molecule has 2 aromatic rings. The number of carbonyl (C=O) groups excluding carboxylic acids is 2. The maximum Gasteiger partial charge on any atom is 0.586 e. The molecule has 2 aliphatic heterocycles. The van der Waals surface area contributed by atoms with E-state index in [-0.39, 0.29) is 17.9 Å². The number of hydrogen-bond donors (Lipinski definition) is 2. The summed E-state index contributed by atoms with van der Waals surface area (Å²) in [5.74, 6) is -3.09. The van der Waals surface area contributed by atoms with E-state index in [9.17, 15) is 28.3 Å². The molecule has 158 valence electrons. The number of ether oxygens (including phenoxy) is 2. The number of likely N-dealkylation sites (tertiary alicyclic amines) is 1. The first-order valence-corrected chi connectivity index (χ1v) is 9.68. The van der Waals surface area contributed by atoms with Gasteiger partial charge >= 0.3 is 18.3 Å². The standard InChI is InChI=1S/C18H15F2N3O6S/c1-8(9-2-3-12-13(4-9)29-18(19,20)28-12)22-17(27)23-14(16(25)26)11(15(23)24)5-10-6-21-7-30-10/h2-4,6-8,11,14H,5H2,1H3,(H,22,27)(H,25,26)/t8-,11-,14+/m1/s1. The van der Waals surface area contributed by atoms with Crippen molar-refractivity contribution in [2.75, 3.05) is 0 Å². The second-order valence-corrected chi connectivity index (χ2v) is 7.79. The van der Waals surface area contributed by atoms with Crippen LogP contribution in [0.25, 0.3) is 0 Å². The quantitative estimate of drug-likeness (QED) is 0.687. The number of hydrogen-bond acceptors (Lipinski definition) is 7. The fourth-order valence-electron chi connectivity index (χ4n) is 3.39. The van der Waals surface area contributed by atoms with E-state index < -0.39 is 42.2 Å². The SMILES string of the molecule is C[C@@H](NC(=O)N1C(=O)[C@H](Cc2cncs2)[C@H]1C(=O)O)c1ccc2c(c1)OC(F)(F)O2. The lowest BCUT2D eigenvalue weighted by molar-refractivity contribution is -0.286. The first-order valence-electron chi connectivity index (χ1n) is 8.80. The Kier molecular flexibility index (Phi) is 4.80. The number of alkyl halides is 2. The predicted octanol–water partition coefficient (Wildman–Crippen LogP) is 2.39. The van der Waals surface area contributed by atoms with Crippen molar-refractivity contribution in [3.8, 4) is 11.5 Å². The van der Waals surface area contributed by atoms with Crippen LogP contribution in [0.3, 0.4) is 0 Å². The zero-order valence-corrected chi connectivity index (χ0v) is 16.2. The van der Waals surface area contributed by atoms with Gasteiger partial charge in [-0.3, -0.25) is 9.78 Å². The molecule has 3 amide bonds. The third kappa shape index (κ3) is 3.54. The number of amides is 3. The predicted molar refractivity (Wildman–Crippen MR) is 97.2 cm³/mol. The number of halogens is 2. The molecule has 0 radical (unpaired) electrons. The lowest BCUT2D eigenvalue weighted by atomic mass is 9.84. The smallest absolute Gasteiger partial charge is 0.480 e. The molecule has 0 saturated carbocycles. The molecule has 30 heavy (non-hydrogen) atoms. The van der Waals surface area contributed by atoms with E-state index in [1.54, 1.807) is 18.6 Å². The van der Waals surface area contributed by atoms with Crippen molar-refractivity contribution < 1.29 is 37.7 Å². The summed E-state index contributed by atoms with van der Waals surface area (Å²) in [6.45, 7) is 1.56. The van der Waals surface area contributed by atoms with Gasteiger partial charge < -0.3 is 19.9 Å². The number of carboxylic acids is 1. The van der Waals surface area contributed by atoms with Crippen molar-refractivity contribution in [3.63, 3.8) is 0 Å². The lowest BCUT2D eigenvalue weighted by Gasteiger charge is -2.43. The van der Waals surface area contributed by atoms with Gasteiger partial charge in [0.15, 0.2) is 17.5 Å². The Morgan fingerprint density at radius 2 is 2.10 bits per heavy atom. The number of nitrogens with zero attached hydrogens (tertiary/aromatic N) is 2. The average Bonchev–Trinajstić information content (AvgIpc) is 3.27. The molecule has 3 atom stereocenters. The molecule has 1 aromatic carbocycles. The molecular weight excluding hydrogens is 424 g/mol. The molecule has 1 fully saturated rings. The van der Waals surface area contributed by atoms with Gasteiger partial charge in [0.2, 0.25) is 5.91 Å². The van der Waals surface area contributed by atoms with Gasteiger partial charge in [-0.2, -0.15) is 0 Å². The maximum absolute atomic E-state index is 13.2. The molecule has 0 spiro atoms. The largest absolute Gasteiger partial charge is 0.586 e. The summed E-state index contributed by atoms with van der Waals surface area (Å²) in [6.07, 6.45) is -2.04. The van der Waals surface area contributed by atoms with E-state index in [1.807, 2.05) is 0 Å². The number of aliphatic carboxylic acids is 1. The Balaban J connectivity index is 1.44. The minimum atomic E-state index is -3.76. The van der Waals surface area contributed by atoms with Crippen LogP contribution in [-0.2, 0) is 16.0 Å². The van der Waals surface area contributed by atoms with Crippen LogP contribution in [-0.4, -0.2) is 45.2 Å². The summed E-state index contributed by atoms with van der Waals surface area (Å²) in [5, 5.41) is 12.0. The number of imide groups is 1. The summed E-state index contributed by atoms with van der Waals surface area (Å²) in [6, 6.07) is 1.09. The Labute approximate surface area is 172 Å². The first kappa shape index (κ1) is 20.0. The van der Waals surface area contributed by atoms with Gasteiger partial charge in [0.1, 0.15) is 0 Å². The fraction of sp³-hybridized carbons (Fsp3) is 0.333. The molecule has 0 unspecified atom stereocenters. The van der Waals surface area contributed by atoms with E-state index in [0.29, 0.717) is 10.5 Å². The number of urea groups is 1. The molecule has 0 bridgehead atoms. The third-order valence-electron chi connectivity index (χ3n) is 4.86. The number of fused-ring (bicyclic) bond motifs is 1. The van der Waals surface area contributed by atoms with Crippen molar-refractivity contribution in [1.82, 2.24) is 15.2 Å². The number of β-lactam (4-membered cyclic amide) rings is 1. The van der Waals surface area contributed by atoms with E-state index in [1.165, 1.54) is 29.5 Å². The van der Waals surface area contributed by atoms with Gasteiger partial charge in [0.25, 0.3) is 0 Å². The number of nitrogens with one attached hydrogen (secondary N) is 1. The highest BCUT2D eigenvalue weighted by molar-refractivity contribution is 7.09.